The van der Waals surface area contributed by atoms with Crippen molar-refractivity contribution in [3.63, 3.8) is 0 Å². The van der Waals surface area contributed by atoms with Crippen LogP contribution in [-0.4, -0.2) is 10.9 Å². The van der Waals surface area contributed by atoms with Gasteiger partial charge in [0, 0.05) is 16.6 Å². The molecule has 0 spiro atoms. The quantitative estimate of drug-likeness (QED) is 0.759. The zero-order chi connectivity index (χ0) is 15.5. The molecule has 3 N–H and O–H groups in total. The number of nitrogens with one attached hydrogen (secondary N) is 1. The van der Waals surface area contributed by atoms with Gasteiger partial charge in [-0.15, -0.1) is 0 Å². The number of hydrogen-bond acceptors (Lipinski definition) is 2. The number of ether oxygens (including phenoxy) is 1. The van der Waals surface area contributed by atoms with Gasteiger partial charge in [0.25, 0.3) is 0 Å². The van der Waals surface area contributed by atoms with E-state index >= 15 is 0 Å². The van der Waals surface area contributed by atoms with E-state index in [0.717, 1.165) is 33.5 Å². The number of nitrogens with two attached hydrogens (primary N) is 1. The molecule has 112 valence electrons. The van der Waals surface area contributed by atoms with Gasteiger partial charge in [0.2, 0.25) is 5.91 Å². The number of aromatic nitrogens is 1. The summed E-state index contributed by atoms with van der Waals surface area (Å²) >= 11 is 0. The number of primary amides is 1. The van der Waals surface area contributed by atoms with Gasteiger partial charge in [-0.1, -0.05) is 30.3 Å². The van der Waals surface area contributed by atoms with E-state index < -0.39 is 0 Å². The number of aromatic amines is 1. The van der Waals surface area contributed by atoms with E-state index in [0.29, 0.717) is 6.61 Å². The van der Waals surface area contributed by atoms with Crippen LogP contribution in [-0.2, 0) is 17.8 Å². The molecule has 22 heavy (non-hydrogen) atoms. The summed E-state index contributed by atoms with van der Waals surface area (Å²) in [6, 6.07) is 15.9. The van der Waals surface area contributed by atoms with E-state index in [-0.39, 0.29) is 12.3 Å². The molecule has 0 saturated carbocycles. The lowest BCUT2D eigenvalue weighted by Crippen LogP contribution is -2.14. The van der Waals surface area contributed by atoms with Crippen molar-refractivity contribution in [2.24, 2.45) is 5.73 Å². The average Bonchev–Trinajstić information content (AvgIpc) is 2.81. The second-order valence-electron chi connectivity index (χ2n) is 5.35. The number of rotatable bonds is 5. The third-order valence-corrected chi connectivity index (χ3v) is 3.69. The van der Waals surface area contributed by atoms with Crippen LogP contribution in [0.2, 0.25) is 0 Å². The first-order chi connectivity index (χ1) is 10.6. The molecule has 0 bridgehead atoms. The van der Waals surface area contributed by atoms with Crippen molar-refractivity contribution in [3.8, 4) is 5.75 Å². The highest BCUT2D eigenvalue weighted by atomic mass is 16.5. The molecule has 1 amide bonds. The van der Waals surface area contributed by atoms with Gasteiger partial charge < -0.3 is 15.5 Å². The maximum Gasteiger partial charge on any atom is 0.221 e. The van der Waals surface area contributed by atoms with Crippen molar-refractivity contribution >= 4 is 16.8 Å². The molecule has 0 aliphatic rings. The second kappa shape index (κ2) is 5.93. The maximum absolute atomic E-state index is 11.2. The summed E-state index contributed by atoms with van der Waals surface area (Å²) in [7, 11) is 0. The molecular weight excluding hydrogens is 276 g/mol. The standard InChI is InChI=1S/C18H18N2O2/c1-12-15(10-18(19)21)16-9-14(7-8-17(16)20-12)22-11-13-5-3-2-4-6-13/h2-9,20H,10-11H2,1H3,(H2,19,21). The third kappa shape index (κ3) is 2.96. The highest BCUT2D eigenvalue weighted by molar-refractivity contribution is 5.90. The van der Waals surface area contributed by atoms with Crippen molar-refractivity contribution < 1.29 is 9.53 Å². The highest BCUT2D eigenvalue weighted by Gasteiger charge is 2.11. The minimum absolute atomic E-state index is 0.230. The summed E-state index contributed by atoms with van der Waals surface area (Å²) in [5.74, 6) is 0.445. The van der Waals surface area contributed by atoms with E-state index in [9.17, 15) is 4.79 Å². The number of hydrogen-bond donors (Lipinski definition) is 2. The van der Waals surface area contributed by atoms with Crippen molar-refractivity contribution in [2.75, 3.05) is 0 Å². The van der Waals surface area contributed by atoms with Crippen LogP contribution in [0.25, 0.3) is 10.9 Å². The Morgan fingerprint density at radius 2 is 1.95 bits per heavy atom. The van der Waals surface area contributed by atoms with Crippen molar-refractivity contribution in [3.05, 3.63) is 65.4 Å². The summed E-state index contributed by atoms with van der Waals surface area (Å²) in [5.41, 5.74) is 9.34. The number of carbonyl (C=O) groups is 1. The molecule has 1 heterocycles. The number of H-pyrrole nitrogens is 1. The van der Waals surface area contributed by atoms with Crippen molar-refractivity contribution in [1.82, 2.24) is 4.98 Å². The fourth-order valence-electron chi connectivity index (χ4n) is 2.59. The summed E-state index contributed by atoms with van der Waals surface area (Å²) in [6.07, 6.45) is 0.230. The highest BCUT2D eigenvalue weighted by Crippen LogP contribution is 2.27. The number of fused-ring (bicyclic) bond motifs is 1. The molecule has 4 heteroatoms. The van der Waals surface area contributed by atoms with Crippen molar-refractivity contribution in [1.29, 1.82) is 0 Å². The third-order valence-electron chi connectivity index (χ3n) is 3.69. The van der Waals surface area contributed by atoms with Crippen LogP contribution in [0.1, 0.15) is 16.8 Å². The molecular formula is C18H18N2O2. The Labute approximate surface area is 128 Å². The SMILES string of the molecule is Cc1[nH]c2ccc(OCc3ccccc3)cc2c1CC(N)=O. The lowest BCUT2D eigenvalue weighted by molar-refractivity contribution is -0.117. The van der Waals surface area contributed by atoms with Crippen LogP contribution in [0, 0.1) is 6.92 Å². The monoisotopic (exact) mass is 294 g/mol. The lowest BCUT2D eigenvalue weighted by Gasteiger charge is -2.07. The van der Waals surface area contributed by atoms with E-state index in [1.807, 2.05) is 55.5 Å². The normalized spacial score (nSPS) is 10.8. The average molecular weight is 294 g/mol. The van der Waals surface area contributed by atoms with Crippen molar-refractivity contribution in [2.45, 2.75) is 20.0 Å². The largest absolute Gasteiger partial charge is 0.489 e. The van der Waals surface area contributed by atoms with Gasteiger partial charge in [-0.05, 0) is 36.2 Å². The molecule has 0 aliphatic heterocycles. The summed E-state index contributed by atoms with van der Waals surface area (Å²) < 4.78 is 5.84. The first-order valence-electron chi connectivity index (χ1n) is 7.19. The first-order valence-corrected chi connectivity index (χ1v) is 7.19. The molecule has 1 aromatic heterocycles. The fourth-order valence-corrected chi connectivity index (χ4v) is 2.59. The fraction of sp³-hybridized carbons (Fsp3) is 0.167. The van der Waals surface area contributed by atoms with Gasteiger partial charge in [-0.2, -0.15) is 0 Å². The molecule has 0 aliphatic carbocycles. The minimum Gasteiger partial charge on any atom is -0.489 e. The van der Waals surface area contributed by atoms with Gasteiger partial charge in [-0.25, -0.2) is 0 Å². The molecule has 0 radical (unpaired) electrons. The van der Waals surface area contributed by atoms with Crippen LogP contribution in [0.5, 0.6) is 5.75 Å². The van der Waals surface area contributed by atoms with Gasteiger partial charge in [0.15, 0.2) is 0 Å². The minimum atomic E-state index is -0.334. The number of amides is 1. The molecule has 0 unspecified atom stereocenters. The van der Waals surface area contributed by atoms with E-state index in [1.165, 1.54) is 0 Å². The van der Waals surface area contributed by atoms with E-state index in [2.05, 4.69) is 4.98 Å². The van der Waals surface area contributed by atoms with Crippen LogP contribution in [0.3, 0.4) is 0 Å². The number of carbonyl (C=O) groups excluding carboxylic acids is 1. The Morgan fingerprint density at radius 3 is 2.68 bits per heavy atom. The predicted octanol–water partition coefficient (Wildman–Crippen LogP) is 3.08. The van der Waals surface area contributed by atoms with E-state index in [1.54, 1.807) is 0 Å². The molecule has 4 nitrogen and oxygen atoms in total. The van der Waals surface area contributed by atoms with Crippen LogP contribution in [0.15, 0.2) is 48.5 Å². The second-order valence-corrected chi connectivity index (χ2v) is 5.35. The Kier molecular flexibility index (Phi) is 3.83. The Hall–Kier alpha value is -2.75. The molecule has 0 saturated heterocycles. The van der Waals surface area contributed by atoms with Crippen LogP contribution < -0.4 is 10.5 Å². The topological polar surface area (TPSA) is 68.1 Å². The van der Waals surface area contributed by atoms with Gasteiger partial charge in [0.1, 0.15) is 12.4 Å². The smallest absolute Gasteiger partial charge is 0.221 e. The predicted molar refractivity (Wildman–Crippen MR) is 86.7 cm³/mol. The lowest BCUT2D eigenvalue weighted by atomic mass is 10.1. The van der Waals surface area contributed by atoms with Crippen LogP contribution >= 0.6 is 0 Å². The zero-order valence-electron chi connectivity index (χ0n) is 12.4. The molecule has 3 rings (SSSR count). The molecule has 0 atom stereocenters. The summed E-state index contributed by atoms with van der Waals surface area (Å²) in [5, 5.41) is 0.988. The Balaban J connectivity index is 1.86. The Morgan fingerprint density at radius 1 is 1.18 bits per heavy atom. The molecule has 3 aromatic rings. The van der Waals surface area contributed by atoms with Gasteiger partial charge in [-0.3, -0.25) is 4.79 Å². The first kappa shape index (κ1) is 14.2. The molecule has 2 aromatic carbocycles. The Bertz CT molecular complexity index is 807. The van der Waals surface area contributed by atoms with E-state index in [4.69, 9.17) is 10.5 Å². The summed E-state index contributed by atoms with van der Waals surface area (Å²) in [6.45, 7) is 2.46. The zero-order valence-corrected chi connectivity index (χ0v) is 12.4. The molecule has 0 fully saturated rings. The summed E-state index contributed by atoms with van der Waals surface area (Å²) in [4.78, 5) is 14.5. The van der Waals surface area contributed by atoms with Gasteiger partial charge in [0.05, 0.1) is 6.42 Å². The van der Waals surface area contributed by atoms with Gasteiger partial charge >= 0.3 is 0 Å². The number of aryl methyl sites for hydroxylation is 1. The maximum atomic E-state index is 11.2. The number of benzene rings is 2. The van der Waals surface area contributed by atoms with Crippen LogP contribution in [0.4, 0.5) is 0 Å².